The highest BCUT2D eigenvalue weighted by atomic mass is 16.4. The predicted octanol–water partition coefficient (Wildman–Crippen LogP) is 1.91. The SMILES string of the molecule is C=C(CCCC)C(=O)O.CC(=O)O. The molecule has 0 rings (SSSR count). The van der Waals surface area contributed by atoms with Gasteiger partial charge in [0.1, 0.15) is 0 Å². The first-order valence-electron chi connectivity index (χ1n) is 4.02. The summed E-state index contributed by atoms with van der Waals surface area (Å²) in [6, 6.07) is 0. The van der Waals surface area contributed by atoms with Crippen molar-refractivity contribution in [3.63, 3.8) is 0 Å². The Morgan fingerprint density at radius 1 is 1.31 bits per heavy atom. The number of carbonyl (C=O) groups is 2. The Balaban J connectivity index is 0. The third-order valence-corrected chi connectivity index (χ3v) is 1.13. The molecule has 76 valence electrons. The monoisotopic (exact) mass is 188 g/mol. The molecular formula is C9H16O4. The molecule has 0 aliphatic carbocycles. The molecule has 0 spiro atoms. The molecule has 4 nitrogen and oxygen atoms in total. The standard InChI is InChI=1S/C7H12O2.C2H4O2/c1-3-4-5-6(2)7(8)9;1-2(3)4/h2-5H2,1H3,(H,8,9);1H3,(H,3,4). The average Bonchev–Trinajstić information content (AvgIpc) is 1.98. The van der Waals surface area contributed by atoms with E-state index in [4.69, 9.17) is 15.0 Å². The van der Waals surface area contributed by atoms with Crippen LogP contribution in [0.4, 0.5) is 0 Å². The minimum Gasteiger partial charge on any atom is -0.481 e. The summed E-state index contributed by atoms with van der Waals surface area (Å²) in [6.45, 7) is 6.50. The summed E-state index contributed by atoms with van der Waals surface area (Å²) in [7, 11) is 0. The maximum Gasteiger partial charge on any atom is 0.330 e. The van der Waals surface area contributed by atoms with E-state index in [9.17, 15) is 4.79 Å². The van der Waals surface area contributed by atoms with Gasteiger partial charge in [0, 0.05) is 12.5 Å². The number of unbranched alkanes of at least 4 members (excludes halogenated alkanes) is 1. The molecule has 0 aromatic carbocycles. The van der Waals surface area contributed by atoms with E-state index in [1.807, 2.05) is 6.92 Å². The zero-order chi connectivity index (χ0) is 10.9. The summed E-state index contributed by atoms with van der Waals surface area (Å²) < 4.78 is 0. The molecule has 13 heavy (non-hydrogen) atoms. The van der Waals surface area contributed by atoms with Gasteiger partial charge in [-0.15, -0.1) is 0 Å². The fourth-order valence-electron chi connectivity index (χ4n) is 0.497. The average molecular weight is 188 g/mol. The van der Waals surface area contributed by atoms with Gasteiger partial charge in [0.15, 0.2) is 0 Å². The second kappa shape index (κ2) is 8.77. The van der Waals surface area contributed by atoms with Crippen molar-refractivity contribution in [2.75, 3.05) is 0 Å². The van der Waals surface area contributed by atoms with Crippen molar-refractivity contribution in [3.05, 3.63) is 12.2 Å². The summed E-state index contributed by atoms with van der Waals surface area (Å²) in [6.07, 6.45) is 2.56. The molecule has 0 saturated carbocycles. The summed E-state index contributed by atoms with van der Waals surface area (Å²) >= 11 is 0. The van der Waals surface area contributed by atoms with E-state index < -0.39 is 11.9 Å². The van der Waals surface area contributed by atoms with Crippen LogP contribution in [0.25, 0.3) is 0 Å². The molecule has 0 heterocycles. The van der Waals surface area contributed by atoms with Gasteiger partial charge < -0.3 is 10.2 Å². The topological polar surface area (TPSA) is 74.6 Å². The zero-order valence-electron chi connectivity index (χ0n) is 8.04. The van der Waals surface area contributed by atoms with Crippen LogP contribution in [0.5, 0.6) is 0 Å². The third-order valence-electron chi connectivity index (χ3n) is 1.13. The van der Waals surface area contributed by atoms with Gasteiger partial charge in [0.25, 0.3) is 5.97 Å². The van der Waals surface area contributed by atoms with E-state index in [0.717, 1.165) is 19.8 Å². The number of rotatable bonds is 4. The fraction of sp³-hybridized carbons (Fsp3) is 0.556. The van der Waals surface area contributed by atoms with E-state index in [-0.39, 0.29) is 0 Å². The van der Waals surface area contributed by atoms with Gasteiger partial charge in [-0.2, -0.15) is 0 Å². The van der Waals surface area contributed by atoms with Crippen LogP contribution in [0, 0.1) is 0 Å². The van der Waals surface area contributed by atoms with Crippen LogP contribution in [-0.2, 0) is 9.59 Å². The highest BCUT2D eigenvalue weighted by Crippen LogP contribution is 2.03. The lowest BCUT2D eigenvalue weighted by Crippen LogP contribution is -1.97. The van der Waals surface area contributed by atoms with Crippen LogP contribution in [-0.4, -0.2) is 22.2 Å². The zero-order valence-corrected chi connectivity index (χ0v) is 8.04. The molecule has 0 saturated heterocycles. The van der Waals surface area contributed by atoms with Gasteiger partial charge in [-0.05, 0) is 12.8 Å². The predicted molar refractivity (Wildman–Crippen MR) is 49.6 cm³/mol. The molecule has 0 atom stereocenters. The van der Waals surface area contributed by atoms with E-state index in [0.29, 0.717) is 12.0 Å². The van der Waals surface area contributed by atoms with Gasteiger partial charge >= 0.3 is 5.97 Å². The van der Waals surface area contributed by atoms with Crippen molar-refractivity contribution in [1.29, 1.82) is 0 Å². The molecule has 0 bridgehead atoms. The minimum absolute atomic E-state index is 0.317. The Bertz CT molecular complexity index is 180. The molecule has 0 aromatic rings. The Labute approximate surface area is 77.9 Å². The molecule has 0 aliphatic rings. The first-order chi connectivity index (χ1) is 5.91. The quantitative estimate of drug-likeness (QED) is 0.661. The number of aliphatic carboxylic acids is 2. The molecule has 2 N–H and O–H groups in total. The third kappa shape index (κ3) is 18.0. The minimum atomic E-state index is -0.872. The highest BCUT2D eigenvalue weighted by Gasteiger charge is 2.00. The Morgan fingerprint density at radius 2 is 1.69 bits per heavy atom. The molecule has 0 fully saturated rings. The van der Waals surface area contributed by atoms with Crippen LogP contribution < -0.4 is 0 Å². The highest BCUT2D eigenvalue weighted by molar-refractivity contribution is 5.85. The second-order valence-corrected chi connectivity index (χ2v) is 2.53. The van der Waals surface area contributed by atoms with Crippen LogP contribution in [0.1, 0.15) is 33.1 Å². The summed E-state index contributed by atoms with van der Waals surface area (Å²) in [5.74, 6) is -1.71. The van der Waals surface area contributed by atoms with E-state index >= 15 is 0 Å². The molecule has 4 heteroatoms. The lowest BCUT2D eigenvalue weighted by molar-refractivity contribution is -0.134. The first kappa shape index (κ1) is 14.2. The summed E-state index contributed by atoms with van der Waals surface area (Å²) in [5, 5.41) is 15.7. The fourth-order valence-corrected chi connectivity index (χ4v) is 0.497. The molecule has 0 aromatic heterocycles. The molecule has 0 radical (unpaired) electrons. The van der Waals surface area contributed by atoms with E-state index in [2.05, 4.69) is 6.58 Å². The first-order valence-corrected chi connectivity index (χ1v) is 4.02. The number of carboxylic acids is 2. The van der Waals surface area contributed by atoms with Crippen molar-refractivity contribution < 1.29 is 19.8 Å². The maximum absolute atomic E-state index is 10.1. The van der Waals surface area contributed by atoms with Crippen LogP contribution in [0.3, 0.4) is 0 Å². The largest absolute Gasteiger partial charge is 0.481 e. The Kier molecular flexibility index (Phi) is 9.60. The number of hydrogen-bond donors (Lipinski definition) is 2. The Morgan fingerprint density at radius 3 is 1.92 bits per heavy atom. The molecule has 0 aliphatic heterocycles. The van der Waals surface area contributed by atoms with Crippen LogP contribution in [0.2, 0.25) is 0 Å². The normalized spacial score (nSPS) is 8.15. The molecular weight excluding hydrogens is 172 g/mol. The van der Waals surface area contributed by atoms with Crippen molar-refractivity contribution >= 4 is 11.9 Å². The van der Waals surface area contributed by atoms with Crippen LogP contribution >= 0.6 is 0 Å². The maximum atomic E-state index is 10.1. The van der Waals surface area contributed by atoms with Crippen molar-refractivity contribution in [3.8, 4) is 0 Å². The van der Waals surface area contributed by atoms with Gasteiger partial charge in [-0.3, -0.25) is 4.79 Å². The number of carboxylic acid groups (broad SMARTS) is 2. The van der Waals surface area contributed by atoms with Crippen molar-refractivity contribution in [1.82, 2.24) is 0 Å². The smallest absolute Gasteiger partial charge is 0.330 e. The molecule has 0 unspecified atom stereocenters. The second-order valence-electron chi connectivity index (χ2n) is 2.53. The van der Waals surface area contributed by atoms with Gasteiger partial charge in [-0.1, -0.05) is 19.9 Å². The number of hydrogen-bond acceptors (Lipinski definition) is 2. The molecule has 0 amide bonds. The van der Waals surface area contributed by atoms with E-state index in [1.54, 1.807) is 0 Å². The summed E-state index contributed by atoms with van der Waals surface area (Å²) in [5.41, 5.74) is 0.317. The van der Waals surface area contributed by atoms with Crippen LogP contribution in [0.15, 0.2) is 12.2 Å². The summed E-state index contributed by atoms with van der Waals surface area (Å²) in [4.78, 5) is 19.1. The lowest BCUT2D eigenvalue weighted by atomic mass is 10.1. The lowest BCUT2D eigenvalue weighted by Gasteiger charge is -1.95. The van der Waals surface area contributed by atoms with Gasteiger partial charge in [0.2, 0.25) is 0 Å². The Hall–Kier alpha value is -1.32. The van der Waals surface area contributed by atoms with Crippen molar-refractivity contribution in [2.24, 2.45) is 0 Å². The van der Waals surface area contributed by atoms with Crippen molar-refractivity contribution in [2.45, 2.75) is 33.1 Å². The van der Waals surface area contributed by atoms with Gasteiger partial charge in [-0.25, -0.2) is 4.79 Å². The van der Waals surface area contributed by atoms with E-state index in [1.165, 1.54) is 0 Å². The van der Waals surface area contributed by atoms with Gasteiger partial charge in [0.05, 0.1) is 0 Å².